The van der Waals surface area contributed by atoms with Crippen molar-refractivity contribution < 1.29 is 13.9 Å². The third-order valence-electron chi connectivity index (χ3n) is 7.23. The highest BCUT2D eigenvalue weighted by atomic mass is 35.5. The van der Waals surface area contributed by atoms with Gasteiger partial charge in [-0.3, -0.25) is 4.90 Å². The summed E-state index contributed by atoms with van der Waals surface area (Å²) in [5, 5.41) is 9.03. The van der Waals surface area contributed by atoms with E-state index in [1.807, 2.05) is 12.1 Å². The van der Waals surface area contributed by atoms with Crippen LogP contribution in [0.3, 0.4) is 0 Å². The molecule has 5 heterocycles. The molecule has 0 unspecified atom stereocenters. The molecule has 0 N–H and O–H groups in total. The SMILES string of the molecule is Fc1cc(Cl)ccc1COc1cccc(C2CCN(Cc3nc4cc(Cl)nnc4n3C[C@@H]3CCO3)CC2)n1. The van der Waals surface area contributed by atoms with Crippen molar-refractivity contribution in [1.29, 1.82) is 0 Å². The van der Waals surface area contributed by atoms with Crippen LogP contribution in [-0.4, -0.2) is 55.4 Å². The topological polar surface area (TPSA) is 78.2 Å². The zero-order valence-corrected chi connectivity index (χ0v) is 22.2. The van der Waals surface area contributed by atoms with E-state index in [0.29, 0.717) is 27.5 Å². The molecule has 2 aliphatic heterocycles. The molecule has 2 aliphatic rings. The second kappa shape index (κ2) is 11.1. The van der Waals surface area contributed by atoms with Gasteiger partial charge in [-0.25, -0.2) is 14.4 Å². The largest absolute Gasteiger partial charge is 0.473 e. The van der Waals surface area contributed by atoms with Crippen LogP contribution in [0.25, 0.3) is 11.2 Å². The van der Waals surface area contributed by atoms with Gasteiger partial charge in [-0.1, -0.05) is 35.3 Å². The van der Waals surface area contributed by atoms with E-state index in [1.165, 1.54) is 6.07 Å². The number of rotatable bonds is 8. The molecule has 4 aromatic rings. The number of hydrogen-bond acceptors (Lipinski definition) is 7. The van der Waals surface area contributed by atoms with Crippen LogP contribution in [0.2, 0.25) is 10.2 Å². The lowest BCUT2D eigenvalue weighted by molar-refractivity contribution is -0.0593. The fourth-order valence-corrected chi connectivity index (χ4v) is 5.31. The molecular weight excluding hydrogens is 530 g/mol. The molecule has 11 heteroatoms. The van der Waals surface area contributed by atoms with Crippen molar-refractivity contribution in [3.8, 4) is 5.88 Å². The molecular formula is C27H27Cl2FN6O2. The molecule has 0 spiro atoms. The third kappa shape index (κ3) is 5.61. The number of halogens is 3. The Labute approximate surface area is 229 Å². The van der Waals surface area contributed by atoms with Crippen molar-refractivity contribution in [3.63, 3.8) is 0 Å². The molecule has 0 saturated carbocycles. The van der Waals surface area contributed by atoms with Gasteiger partial charge in [-0.05, 0) is 50.6 Å². The molecule has 8 nitrogen and oxygen atoms in total. The van der Waals surface area contributed by atoms with Crippen LogP contribution in [0.4, 0.5) is 4.39 Å². The van der Waals surface area contributed by atoms with E-state index in [-0.39, 0.29) is 18.5 Å². The molecule has 3 aromatic heterocycles. The van der Waals surface area contributed by atoms with Crippen molar-refractivity contribution in [3.05, 3.63) is 75.5 Å². The molecule has 38 heavy (non-hydrogen) atoms. The van der Waals surface area contributed by atoms with Crippen LogP contribution in [0, 0.1) is 5.82 Å². The predicted molar refractivity (Wildman–Crippen MR) is 142 cm³/mol. The van der Waals surface area contributed by atoms with E-state index in [4.69, 9.17) is 42.6 Å². The van der Waals surface area contributed by atoms with E-state index < -0.39 is 0 Å². The average molecular weight is 557 g/mol. The van der Waals surface area contributed by atoms with Crippen molar-refractivity contribution in [2.24, 2.45) is 0 Å². The van der Waals surface area contributed by atoms with Gasteiger partial charge in [-0.15, -0.1) is 10.2 Å². The predicted octanol–water partition coefficient (Wildman–Crippen LogP) is 5.41. The molecule has 0 amide bonds. The summed E-state index contributed by atoms with van der Waals surface area (Å²) < 4.78 is 27.7. The van der Waals surface area contributed by atoms with Gasteiger partial charge in [0, 0.05) is 40.9 Å². The molecule has 1 aromatic carbocycles. The number of likely N-dealkylation sites (tertiary alicyclic amines) is 1. The summed E-state index contributed by atoms with van der Waals surface area (Å²) in [6.07, 6.45) is 3.17. The third-order valence-corrected chi connectivity index (χ3v) is 7.65. The smallest absolute Gasteiger partial charge is 0.213 e. The fraction of sp³-hybridized carbons (Fsp3) is 0.407. The van der Waals surface area contributed by atoms with Crippen LogP contribution in [-0.2, 0) is 24.4 Å². The summed E-state index contributed by atoms with van der Waals surface area (Å²) >= 11 is 11.9. The number of piperidine rings is 1. The van der Waals surface area contributed by atoms with Gasteiger partial charge in [0.1, 0.15) is 23.8 Å². The first-order valence-electron chi connectivity index (χ1n) is 12.8. The first kappa shape index (κ1) is 25.4. The van der Waals surface area contributed by atoms with Gasteiger partial charge in [0.05, 0.1) is 19.2 Å². The van der Waals surface area contributed by atoms with Gasteiger partial charge in [0.25, 0.3) is 0 Å². The van der Waals surface area contributed by atoms with Crippen molar-refractivity contribution >= 4 is 34.4 Å². The second-order valence-electron chi connectivity index (χ2n) is 9.77. The summed E-state index contributed by atoms with van der Waals surface area (Å²) in [5.41, 5.74) is 2.94. The van der Waals surface area contributed by atoms with Gasteiger partial charge < -0.3 is 14.0 Å². The van der Waals surface area contributed by atoms with Gasteiger partial charge >= 0.3 is 0 Å². The summed E-state index contributed by atoms with van der Waals surface area (Å²) in [7, 11) is 0. The standard InChI is InChI=1S/C27H27Cl2FN6O2/c28-19-5-4-18(21(30)12-19)16-38-26-3-1-2-22(32-26)17-6-9-35(10-7-17)15-25-31-23-13-24(29)33-34-27(23)36(25)14-20-8-11-37-20/h1-5,12-13,17,20H,6-11,14-16H2/t20-/m0/s1. The molecule has 0 radical (unpaired) electrons. The lowest BCUT2D eigenvalue weighted by Crippen LogP contribution is -2.35. The quantitative estimate of drug-likeness (QED) is 0.287. The number of imidazole rings is 1. The van der Waals surface area contributed by atoms with Crippen molar-refractivity contribution in [2.75, 3.05) is 19.7 Å². The molecule has 198 valence electrons. The maximum Gasteiger partial charge on any atom is 0.213 e. The Balaban J connectivity index is 1.09. The molecule has 6 rings (SSSR count). The molecule has 2 saturated heterocycles. The van der Waals surface area contributed by atoms with E-state index in [2.05, 4.69) is 19.7 Å². The number of ether oxygens (including phenoxy) is 2. The second-order valence-corrected chi connectivity index (χ2v) is 10.6. The minimum atomic E-state index is -0.384. The maximum absolute atomic E-state index is 14.1. The number of pyridine rings is 1. The fourth-order valence-electron chi connectivity index (χ4n) is 5.01. The Morgan fingerprint density at radius 1 is 1.03 bits per heavy atom. The van der Waals surface area contributed by atoms with Crippen molar-refractivity contribution in [1.82, 2.24) is 29.6 Å². The van der Waals surface area contributed by atoms with Gasteiger partial charge in [-0.2, -0.15) is 0 Å². The minimum Gasteiger partial charge on any atom is -0.473 e. The first-order chi connectivity index (χ1) is 18.5. The lowest BCUT2D eigenvalue weighted by atomic mass is 9.93. The molecule has 2 fully saturated rings. The maximum atomic E-state index is 14.1. The van der Waals surface area contributed by atoms with Crippen LogP contribution in [0.1, 0.15) is 42.3 Å². The highest BCUT2D eigenvalue weighted by Crippen LogP contribution is 2.30. The Morgan fingerprint density at radius 2 is 1.87 bits per heavy atom. The van der Waals surface area contributed by atoms with Gasteiger partial charge in [0.15, 0.2) is 10.8 Å². The van der Waals surface area contributed by atoms with Crippen LogP contribution < -0.4 is 4.74 Å². The Bertz CT molecular complexity index is 1440. The van der Waals surface area contributed by atoms with Crippen LogP contribution in [0.5, 0.6) is 5.88 Å². The monoisotopic (exact) mass is 556 g/mol. The minimum absolute atomic E-state index is 0.0976. The summed E-state index contributed by atoms with van der Waals surface area (Å²) in [5.74, 6) is 1.39. The average Bonchev–Trinajstić information content (AvgIpc) is 3.22. The number of hydrogen-bond donors (Lipinski definition) is 0. The van der Waals surface area contributed by atoms with E-state index in [9.17, 15) is 4.39 Å². The highest BCUT2D eigenvalue weighted by molar-refractivity contribution is 6.30. The van der Waals surface area contributed by atoms with Gasteiger partial charge in [0.2, 0.25) is 5.88 Å². The van der Waals surface area contributed by atoms with E-state index in [1.54, 1.807) is 24.3 Å². The number of nitrogens with zero attached hydrogens (tertiary/aromatic N) is 6. The van der Waals surface area contributed by atoms with Crippen molar-refractivity contribution in [2.45, 2.75) is 51.0 Å². The summed E-state index contributed by atoms with van der Waals surface area (Å²) in [4.78, 5) is 12.0. The number of benzene rings is 1. The molecule has 0 bridgehead atoms. The molecule has 1 atom stereocenters. The zero-order chi connectivity index (χ0) is 26.1. The van der Waals surface area contributed by atoms with E-state index >= 15 is 0 Å². The Morgan fingerprint density at radius 3 is 2.63 bits per heavy atom. The number of fused-ring (bicyclic) bond motifs is 1. The normalized spacial score (nSPS) is 18.6. The Hall–Kier alpha value is -2.85. The van der Waals surface area contributed by atoms with E-state index in [0.717, 1.165) is 74.7 Å². The summed E-state index contributed by atoms with van der Waals surface area (Å²) in [6, 6.07) is 12.1. The Kier molecular flexibility index (Phi) is 7.43. The number of aromatic nitrogens is 5. The molecule has 0 aliphatic carbocycles. The zero-order valence-electron chi connectivity index (χ0n) is 20.7. The first-order valence-corrected chi connectivity index (χ1v) is 13.5. The highest BCUT2D eigenvalue weighted by Gasteiger charge is 2.26. The van der Waals surface area contributed by atoms with Crippen LogP contribution in [0.15, 0.2) is 42.5 Å². The lowest BCUT2D eigenvalue weighted by Gasteiger charge is -2.32. The van der Waals surface area contributed by atoms with Crippen LogP contribution >= 0.6 is 23.2 Å². The summed E-state index contributed by atoms with van der Waals surface area (Å²) in [6.45, 7) is 4.17.